The third-order valence-corrected chi connectivity index (χ3v) is 2.67. The first-order chi connectivity index (χ1) is 7.49. The molecule has 2 atom stereocenters. The van der Waals surface area contributed by atoms with E-state index in [-0.39, 0.29) is 6.10 Å². The SMILES string of the molecule is COC(C)C(C)(NCCCN=[N+]=[N-])C(N)=O. The molecule has 0 aliphatic carbocycles. The largest absolute Gasteiger partial charge is 0.379 e. The summed E-state index contributed by atoms with van der Waals surface area (Å²) in [6.07, 6.45) is 0.313. The van der Waals surface area contributed by atoms with Gasteiger partial charge in [-0.2, -0.15) is 0 Å². The molecule has 3 N–H and O–H groups in total. The maximum Gasteiger partial charge on any atom is 0.240 e. The van der Waals surface area contributed by atoms with E-state index in [2.05, 4.69) is 15.3 Å². The summed E-state index contributed by atoms with van der Waals surface area (Å²) in [7, 11) is 1.52. The zero-order valence-corrected chi connectivity index (χ0v) is 9.93. The van der Waals surface area contributed by atoms with E-state index in [1.54, 1.807) is 13.8 Å². The molecule has 0 saturated carbocycles. The Kier molecular flexibility index (Phi) is 6.48. The Labute approximate surface area is 95.0 Å². The molecule has 0 saturated heterocycles. The number of azide groups is 1. The van der Waals surface area contributed by atoms with Crippen LogP contribution in [0.5, 0.6) is 0 Å². The molecule has 7 nitrogen and oxygen atoms in total. The van der Waals surface area contributed by atoms with Gasteiger partial charge in [0.2, 0.25) is 5.91 Å². The molecule has 16 heavy (non-hydrogen) atoms. The van der Waals surface area contributed by atoms with Crippen LogP contribution in [-0.4, -0.2) is 37.7 Å². The zero-order valence-electron chi connectivity index (χ0n) is 9.93. The van der Waals surface area contributed by atoms with Gasteiger partial charge in [-0.1, -0.05) is 5.11 Å². The molecular weight excluding hydrogens is 210 g/mol. The van der Waals surface area contributed by atoms with Crippen molar-refractivity contribution in [3.8, 4) is 0 Å². The number of nitrogens with two attached hydrogens (primary N) is 1. The van der Waals surface area contributed by atoms with Crippen LogP contribution in [-0.2, 0) is 9.53 Å². The molecule has 0 aromatic carbocycles. The lowest BCUT2D eigenvalue weighted by atomic mass is 9.94. The third-order valence-electron chi connectivity index (χ3n) is 2.67. The van der Waals surface area contributed by atoms with E-state index in [1.165, 1.54) is 7.11 Å². The van der Waals surface area contributed by atoms with Crippen molar-refractivity contribution in [3.05, 3.63) is 10.4 Å². The van der Waals surface area contributed by atoms with Crippen molar-refractivity contribution in [1.82, 2.24) is 5.32 Å². The molecule has 92 valence electrons. The first-order valence-corrected chi connectivity index (χ1v) is 5.07. The number of amides is 1. The van der Waals surface area contributed by atoms with Gasteiger partial charge in [0.15, 0.2) is 0 Å². The summed E-state index contributed by atoms with van der Waals surface area (Å²) in [6, 6.07) is 0. The highest BCUT2D eigenvalue weighted by molar-refractivity contribution is 5.84. The molecule has 0 rings (SSSR count). The Morgan fingerprint density at radius 3 is 2.81 bits per heavy atom. The monoisotopic (exact) mass is 229 g/mol. The molecule has 0 aliphatic rings. The highest BCUT2D eigenvalue weighted by atomic mass is 16.5. The van der Waals surface area contributed by atoms with E-state index in [1.807, 2.05) is 0 Å². The maximum atomic E-state index is 11.3. The summed E-state index contributed by atoms with van der Waals surface area (Å²) in [4.78, 5) is 14.0. The fraction of sp³-hybridized carbons (Fsp3) is 0.889. The number of nitrogens with one attached hydrogen (secondary N) is 1. The van der Waals surface area contributed by atoms with Crippen LogP contribution in [0.15, 0.2) is 5.11 Å². The molecular formula is C9H19N5O2. The standard InChI is InChI=1S/C9H19N5O2/c1-7(16-3)9(2,8(10)15)12-5-4-6-13-14-11/h7,12H,4-6H2,1-3H3,(H2,10,15). The summed E-state index contributed by atoms with van der Waals surface area (Å²) < 4.78 is 5.11. The smallest absolute Gasteiger partial charge is 0.240 e. The number of carbonyl (C=O) groups is 1. The summed E-state index contributed by atoms with van der Waals surface area (Å²) in [5.74, 6) is -0.467. The Bertz CT molecular complexity index is 277. The Morgan fingerprint density at radius 1 is 1.75 bits per heavy atom. The van der Waals surface area contributed by atoms with Crippen LogP contribution in [0, 0.1) is 0 Å². The molecule has 0 fully saturated rings. The lowest BCUT2D eigenvalue weighted by Gasteiger charge is -2.32. The fourth-order valence-electron chi connectivity index (χ4n) is 1.21. The van der Waals surface area contributed by atoms with Crippen LogP contribution in [0.25, 0.3) is 10.4 Å². The van der Waals surface area contributed by atoms with Crippen molar-refractivity contribution in [1.29, 1.82) is 0 Å². The van der Waals surface area contributed by atoms with Crippen molar-refractivity contribution >= 4 is 5.91 Å². The third kappa shape index (κ3) is 4.06. The summed E-state index contributed by atoms with van der Waals surface area (Å²) >= 11 is 0. The maximum absolute atomic E-state index is 11.3. The first-order valence-electron chi connectivity index (χ1n) is 5.07. The van der Waals surface area contributed by atoms with Crippen LogP contribution >= 0.6 is 0 Å². The van der Waals surface area contributed by atoms with E-state index >= 15 is 0 Å². The highest BCUT2D eigenvalue weighted by Crippen LogP contribution is 2.12. The Hall–Kier alpha value is -1.30. The first kappa shape index (κ1) is 14.7. The van der Waals surface area contributed by atoms with Gasteiger partial charge in [-0.15, -0.1) is 0 Å². The van der Waals surface area contributed by atoms with Crippen LogP contribution < -0.4 is 11.1 Å². The van der Waals surface area contributed by atoms with Gasteiger partial charge < -0.3 is 15.8 Å². The number of rotatable bonds is 8. The number of hydrogen-bond donors (Lipinski definition) is 2. The van der Waals surface area contributed by atoms with E-state index in [4.69, 9.17) is 16.0 Å². The molecule has 2 unspecified atom stereocenters. The second-order valence-corrected chi connectivity index (χ2v) is 3.68. The summed E-state index contributed by atoms with van der Waals surface area (Å²) in [5, 5.41) is 6.42. The van der Waals surface area contributed by atoms with Gasteiger partial charge in [-0.25, -0.2) is 0 Å². The second kappa shape index (κ2) is 7.05. The van der Waals surface area contributed by atoms with E-state index in [0.717, 1.165) is 0 Å². The minimum atomic E-state index is -0.912. The second-order valence-electron chi connectivity index (χ2n) is 3.68. The van der Waals surface area contributed by atoms with E-state index in [9.17, 15) is 4.79 Å². The van der Waals surface area contributed by atoms with Gasteiger partial charge in [0.1, 0.15) is 5.54 Å². The van der Waals surface area contributed by atoms with E-state index < -0.39 is 11.4 Å². The van der Waals surface area contributed by atoms with Gasteiger partial charge in [-0.3, -0.25) is 4.79 Å². The molecule has 0 aliphatic heterocycles. The van der Waals surface area contributed by atoms with Gasteiger partial charge in [0.05, 0.1) is 6.10 Å². The molecule has 0 spiro atoms. The summed E-state index contributed by atoms with van der Waals surface area (Å²) in [5.41, 5.74) is 12.5. The molecule has 0 radical (unpaired) electrons. The number of nitrogens with zero attached hydrogens (tertiary/aromatic N) is 3. The van der Waals surface area contributed by atoms with Gasteiger partial charge in [0.25, 0.3) is 0 Å². The predicted molar refractivity (Wildman–Crippen MR) is 60.7 cm³/mol. The van der Waals surface area contributed by atoms with Gasteiger partial charge >= 0.3 is 0 Å². The van der Waals surface area contributed by atoms with Crippen LogP contribution in [0.3, 0.4) is 0 Å². The minimum Gasteiger partial charge on any atom is -0.379 e. The average molecular weight is 229 g/mol. The lowest BCUT2D eigenvalue weighted by molar-refractivity contribution is -0.128. The predicted octanol–water partition coefficient (Wildman–Crippen LogP) is 0.555. The highest BCUT2D eigenvalue weighted by Gasteiger charge is 2.36. The van der Waals surface area contributed by atoms with Gasteiger partial charge in [0, 0.05) is 18.6 Å². The van der Waals surface area contributed by atoms with Crippen LogP contribution in [0.4, 0.5) is 0 Å². The van der Waals surface area contributed by atoms with Crippen molar-refractivity contribution in [2.45, 2.75) is 31.9 Å². The van der Waals surface area contributed by atoms with E-state index in [0.29, 0.717) is 19.5 Å². The average Bonchev–Trinajstić information content (AvgIpc) is 2.27. The lowest BCUT2D eigenvalue weighted by Crippen LogP contribution is -2.60. The van der Waals surface area contributed by atoms with Gasteiger partial charge in [-0.05, 0) is 32.3 Å². The molecule has 1 amide bonds. The zero-order chi connectivity index (χ0) is 12.6. The number of carbonyl (C=O) groups excluding carboxylic acids is 1. The van der Waals surface area contributed by atoms with Crippen molar-refractivity contribution in [2.75, 3.05) is 20.2 Å². The number of methoxy groups -OCH3 is 1. The normalized spacial score (nSPS) is 15.9. The fourth-order valence-corrected chi connectivity index (χ4v) is 1.21. The molecule has 0 bridgehead atoms. The molecule has 0 heterocycles. The van der Waals surface area contributed by atoms with Crippen molar-refractivity contribution in [2.24, 2.45) is 10.8 Å². The minimum absolute atomic E-state index is 0.329. The number of primary amides is 1. The quantitative estimate of drug-likeness (QED) is 0.274. The Balaban J connectivity index is 4.23. The number of ether oxygens (including phenoxy) is 1. The van der Waals surface area contributed by atoms with Crippen LogP contribution in [0.2, 0.25) is 0 Å². The Morgan fingerprint density at radius 2 is 2.38 bits per heavy atom. The van der Waals surface area contributed by atoms with Crippen molar-refractivity contribution in [3.63, 3.8) is 0 Å². The summed E-state index contributed by atoms with van der Waals surface area (Å²) in [6.45, 7) is 4.38. The van der Waals surface area contributed by atoms with Crippen molar-refractivity contribution < 1.29 is 9.53 Å². The molecule has 7 heteroatoms. The van der Waals surface area contributed by atoms with Crippen LogP contribution in [0.1, 0.15) is 20.3 Å². The number of hydrogen-bond acceptors (Lipinski definition) is 4. The molecule has 0 aromatic rings. The topological polar surface area (TPSA) is 113 Å². The molecule has 0 aromatic heterocycles.